The summed E-state index contributed by atoms with van der Waals surface area (Å²) in [5, 5.41) is 0. The summed E-state index contributed by atoms with van der Waals surface area (Å²) in [5.41, 5.74) is 0. The molecule has 1 heterocycles. The fraction of sp³-hybridized carbons (Fsp3) is 1.00. The van der Waals surface area contributed by atoms with Crippen molar-refractivity contribution in [2.75, 3.05) is 17.8 Å². The van der Waals surface area contributed by atoms with E-state index >= 15 is 0 Å². The van der Waals surface area contributed by atoms with E-state index < -0.39 is 17.0 Å². The Bertz CT molecular complexity index is 116. The molecule has 1 aliphatic rings. The second-order valence-electron chi connectivity index (χ2n) is 2.44. The van der Waals surface area contributed by atoms with Gasteiger partial charge in [0.05, 0.1) is 6.26 Å². The summed E-state index contributed by atoms with van der Waals surface area (Å²) in [6.45, 7) is 0. The predicted molar refractivity (Wildman–Crippen MR) is 56.7 cm³/mol. The molecule has 12 heavy (non-hydrogen) atoms. The fourth-order valence-electron chi connectivity index (χ4n) is 0.799. The summed E-state index contributed by atoms with van der Waals surface area (Å²) in [7, 11) is 10.4. The third kappa shape index (κ3) is 10.0. The molecule has 74 valence electrons. The molecule has 1 fully saturated rings. The van der Waals surface area contributed by atoms with Gasteiger partial charge in [0.15, 0.2) is 0 Å². The number of halogens is 3. The topological polar surface area (TPSA) is 32.3 Å². The average Bonchev–Trinajstić information content (AvgIpc) is 2.39. The van der Waals surface area contributed by atoms with Crippen molar-refractivity contribution in [3.05, 3.63) is 0 Å². The second kappa shape index (κ2) is 7.26. The van der Waals surface area contributed by atoms with E-state index in [1.54, 1.807) is 0 Å². The van der Waals surface area contributed by atoms with Crippen molar-refractivity contribution in [2.24, 2.45) is 0 Å². The second-order valence-corrected chi connectivity index (χ2v) is 16.9. The molecule has 1 aliphatic heterocycles. The van der Waals surface area contributed by atoms with Crippen LogP contribution in [0.1, 0.15) is 12.8 Å². The predicted octanol–water partition coefficient (Wildman–Crippen LogP) is 1.46. The first kappa shape index (κ1) is 13.9. The van der Waals surface area contributed by atoms with Gasteiger partial charge in [0, 0.05) is 0 Å². The van der Waals surface area contributed by atoms with Crippen molar-refractivity contribution in [1.82, 2.24) is 0 Å². The summed E-state index contributed by atoms with van der Waals surface area (Å²) >= 11 is 0.223. The molecule has 7 heteroatoms. The first-order valence-corrected chi connectivity index (χ1v) is 15.3. The van der Waals surface area contributed by atoms with E-state index in [-0.39, 0.29) is 0 Å². The number of hydrogen-bond acceptors (Lipinski definition) is 2. The van der Waals surface area contributed by atoms with Gasteiger partial charge in [-0.2, -0.15) is 0 Å². The van der Waals surface area contributed by atoms with E-state index in [1.807, 2.05) is 0 Å². The van der Waals surface area contributed by atoms with Crippen LogP contribution in [0.25, 0.3) is 0 Å². The van der Waals surface area contributed by atoms with Gasteiger partial charge >= 0.3 is 52.7 Å². The summed E-state index contributed by atoms with van der Waals surface area (Å²) in [6, 6.07) is 0. The standard InChI is InChI=1S/C5H11S.ClO.2ClH.O.Sn/c1-6-4-2-3-5-6;1-2;;;;/h2-5H2,1H3;;2*1H;;/q+1;-1;;;-1;+3/p-2. The number of hydrogen-bond donors (Lipinski definition) is 0. The van der Waals surface area contributed by atoms with Crippen LogP contribution in [0.2, 0.25) is 0 Å². The molecule has 1 rings (SSSR count). The van der Waals surface area contributed by atoms with Crippen LogP contribution < -0.4 is 3.44 Å². The molecule has 0 aromatic heterocycles. The Balaban J connectivity index is 0.000000202. The third-order valence-electron chi connectivity index (χ3n) is 1.33. The molecule has 1 saturated heterocycles. The molecule has 0 atom stereocenters. The van der Waals surface area contributed by atoms with Gasteiger partial charge in [-0.3, -0.25) is 0 Å². The Kier molecular flexibility index (Phi) is 8.43. The van der Waals surface area contributed by atoms with E-state index in [0.29, 0.717) is 0 Å². The van der Waals surface area contributed by atoms with Crippen molar-refractivity contribution in [3.63, 3.8) is 0 Å². The average molecular weight is 360 g/mol. The van der Waals surface area contributed by atoms with Gasteiger partial charge in [-0.1, -0.05) is 0 Å². The van der Waals surface area contributed by atoms with Crippen molar-refractivity contribution < 1.29 is 6.07 Å². The summed E-state index contributed by atoms with van der Waals surface area (Å²) in [4.78, 5) is 0. The van der Waals surface area contributed by atoms with Gasteiger partial charge in [0.1, 0.15) is 11.5 Å². The van der Waals surface area contributed by atoms with Crippen LogP contribution in [0.3, 0.4) is 0 Å². The third-order valence-corrected chi connectivity index (χ3v) is 7.36. The summed E-state index contributed by atoms with van der Waals surface area (Å²) in [6.07, 6.45) is 5.37. The van der Waals surface area contributed by atoms with Gasteiger partial charge in [0.2, 0.25) is 0 Å². The summed E-state index contributed by atoms with van der Waals surface area (Å²) < 4.78 is 13.5. The van der Waals surface area contributed by atoms with Gasteiger partial charge in [0.25, 0.3) is 0 Å². The zero-order valence-electron chi connectivity index (χ0n) is 6.69. The minimum atomic E-state index is -4.27. The quantitative estimate of drug-likeness (QED) is 0.524. The van der Waals surface area contributed by atoms with E-state index in [2.05, 4.69) is 20.7 Å². The number of rotatable bonds is 1. The van der Waals surface area contributed by atoms with Crippen LogP contribution in [0.4, 0.5) is 0 Å². The van der Waals surface area contributed by atoms with Crippen LogP contribution >= 0.6 is 29.7 Å². The molecule has 0 spiro atoms. The molecule has 0 saturated carbocycles. The van der Waals surface area contributed by atoms with Crippen molar-refractivity contribution >= 4 is 57.6 Å². The van der Waals surface area contributed by atoms with Crippen LogP contribution in [0, 0.1) is 0 Å². The maximum atomic E-state index is 9.86. The molecule has 0 radical (unpaired) electrons. The minimum absolute atomic E-state index is 0.827. The first-order chi connectivity index (χ1) is 5.45. The maximum absolute atomic E-state index is 9.86. The van der Waals surface area contributed by atoms with Crippen LogP contribution in [-0.2, 0) is 13.5 Å². The SMILES string of the molecule is C[S+]1CCCC1.[O-][Sn]([Cl])([Cl])[O]Cl. The summed E-state index contributed by atoms with van der Waals surface area (Å²) in [5.74, 6) is 3.03. The van der Waals surface area contributed by atoms with Gasteiger partial charge in [-0.05, 0) is 23.7 Å². The van der Waals surface area contributed by atoms with E-state index in [4.69, 9.17) is 17.8 Å². The normalized spacial score (nSPS) is 18.8. The van der Waals surface area contributed by atoms with Gasteiger partial charge in [-0.25, -0.2) is 0 Å². The van der Waals surface area contributed by atoms with Crippen LogP contribution in [0.15, 0.2) is 0 Å². The Morgan fingerprint density at radius 1 is 1.33 bits per heavy atom. The van der Waals surface area contributed by atoms with E-state index in [0.717, 1.165) is 10.9 Å². The van der Waals surface area contributed by atoms with Crippen molar-refractivity contribution in [2.45, 2.75) is 12.8 Å². The Labute approximate surface area is 93.4 Å². The van der Waals surface area contributed by atoms with E-state index in [1.165, 1.54) is 24.3 Å². The Morgan fingerprint density at radius 3 is 1.75 bits per heavy atom. The first-order valence-electron chi connectivity index (χ1n) is 3.43. The molecule has 0 aliphatic carbocycles. The molecule has 2 nitrogen and oxygen atoms in total. The van der Waals surface area contributed by atoms with E-state index in [9.17, 15) is 3.44 Å². The zero-order valence-corrected chi connectivity index (χ0v) is 12.6. The fourth-order valence-corrected chi connectivity index (χ4v) is 2.40. The molecule has 0 unspecified atom stereocenters. The molecular weight excluding hydrogens is 349 g/mol. The Hall–Kier alpha value is 1.94. The van der Waals surface area contributed by atoms with Gasteiger partial charge in [-0.15, -0.1) is 0 Å². The molecular formula is C5H11Cl3O2SSn. The molecule has 0 amide bonds. The van der Waals surface area contributed by atoms with Gasteiger partial charge < -0.3 is 0 Å². The van der Waals surface area contributed by atoms with Crippen molar-refractivity contribution in [3.8, 4) is 0 Å². The van der Waals surface area contributed by atoms with Crippen molar-refractivity contribution in [1.29, 1.82) is 0 Å². The molecule has 0 aromatic carbocycles. The molecule has 0 bridgehead atoms. The van der Waals surface area contributed by atoms with Crippen LogP contribution in [0.5, 0.6) is 0 Å². The zero-order chi connectivity index (χ0) is 9.61. The van der Waals surface area contributed by atoms with Crippen LogP contribution in [-0.4, -0.2) is 34.7 Å². The Morgan fingerprint density at radius 2 is 1.67 bits per heavy atom. The molecule has 0 aromatic rings. The molecule has 0 N–H and O–H groups in total. The monoisotopic (exact) mass is 360 g/mol.